The number of fused-ring (bicyclic) bond motifs is 3. The molecule has 1 aliphatic rings. The van der Waals surface area contributed by atoms with Gasteiger partial charge in [-0.1, -0.05) is 41.4 Å². The molecular weight excluding hydrogens is 434 g/mol. The van der Waals surface area contributed by atoms with Gasteiger partial charge in [-0.3, -0.25) is 0 Å². The summed E-state index contributed by atoms with van der Waals surface area (Å²) >= 11 is 6.29. The molecule has 0 saturated carbocycles. The van der Waals surface area contributed by atoms with Crippen molar-refractivity contribution < 1.29 is 9.53 Å². The lowest BCUT2D eigenvalue weighted by atomic mass is 9.92. The number of hydrogen-bond donors (Lipinski definition) is 2. The lowest BCUT2D eigenvalue weighted by Crippen LogP contribution is -2.43. The number of amides is 2. The number of H-pyrrole nitrogens is 1. The fraction of sp³-hybridized carbons (Fsp3) is 0.222. The Kier molecular flexibility index (Phi) is 5.73. The number of anilines is 1. The van der Waals surface area contributed by atoms with Crippen molar-refractivity contribution in [2.24, 2.45) is 0 Å². The second-order valence-electron chi connectivity index (χ2n) is 8.35. The molecule has 1 atom stereocenters. The predicted octanol–water partition coefficient (Wildman–Crippen LogP) is 6.71. The van der Waals surface area contributed by atoms with Gasteiger partial charge in [-0.2, -0.15) is 0 Å². The van der Waals surface area contributed by atoms with Crippen LogP contribution in [0.3, 0.4) is 0 Å². The summed E-state index contributed by atoms with van der Waals surface area (Å²) in [6, 6.07) is 21.4. The van der Waals surface area contributed by atoms with Crippen LogP contribution in [-0.4, -0.2) is 29.1 Å². The van der Waals surface area contributed by atoms with Gasteiger partial charge < -0.3 is 19.9 Å². The van der Waals surface area contributed by atoms with Gasteiger partial charge in [0.25, 0.3) is 0 Å². The van der Waals surface area contributed by atoms with E-state index in [0.717, 1.165) is 40.0 Å². The number of benzene rings is 3. The summed E-state index contributed by atoms with van der Waals surface area (Å²) < 4.78 is 5.51. The molecule has 1 unspecified atom stereocenters. The SMILES string of the molecule is CCOc1ccc(NC(=O)N2CCc3c([nH]c4ccc(Cl)cc34)C2c2ccc(C)cc2)cc1. The van der Waals surface area contributed by atoms with Crippen molar-refractivity contribution in [3.05, 3.63) is 94.1 Å². The van der Waals surface area contributed by atoms with Gasteiger partial charge in [0, 0.05) is 33.9 Å². The Morgan fingerprint density at radius 1 is 1.12 bits per heavy atom. The van der Waals surface area contributed by atoms with E-state index in [-0.39, 0.29) is 12.1 Å². The molecule has 3 aromatic carbocycles. The summed E-state index contributed by atoms with van der Waals surface area (Å²) in [5.74, 6) is 0.785. The predicted molar refractivity (Wildman–Crippen MR) is 133 cm³/mol. The van der Waals surface area contributed by atoms with Crippen LogP contribution in [0.2, 0.25) is 5.02 Å². The number of aromatic amines is 1. The summed E-state index contributed by atoms with van der Waals surface area (Å²) in [5, 5.41) is 4.90. The summed E-state index contributed by atoms with van der Waals surface area (Å²) in [5.41, 5.74) is 6.30. The van der Waals surface area contributed by atoms with E-state index in [9.17, 15) is 4.79 Å². The van der Waals surface area contributed by atoms with E-state index in [4.69, 9.17) is 16.3 Å². The molecule has 2 heterocycles. The second kappa shape index (κ2) is 8.83. The number of nitrogens with one attached hydrogen (secondary N) is 2. The molecule has 33 heavy (non-hydrogen) atoms. The van der Waals surface area contributed by atoms with Crippen molar-refractivity contribution in [2.45, 2.75) is 26.3 Å². The van der Waals surface area contributed by atoms with Gasteiger partial charge >= 0.3 is 6.03 Å². The summed E-state index contributed by atoms with van der Waals surface area (Å²) in [4.78, 5) is 18.9. The largest absolute Gasteiger partial charge is 0.494 e. The van der Waals surface area contributed by atoms with Crippen molar-refractivity contribution in [3.63, 3.8) is 0 Å². The number of carbonyl (C=O) groups excluding carboxylic acids is 1. The maximum Gasteiger partial charge on any atom is 0.322 e. The Balaban J connectivity index is 1.51. The van der Waals surface area contributed by atoms with Gasteiger partial charge in [0.15, 0.2) is 0 Å². The van der Waals surface area contributed by atoms with Gasteiger partial charge in [0.05, 0.1) is 12.6 Å². The van der Waals surface area contributed by atoms with Crippen LogP contribution >= 0.6 is 11.6 Å². The molecule has 6 heteroatoms. The Morgan fingerprint density at radius 2 is 1.88 bits per heavy atom. The number of carbonyl (C=O) groups is 1. The molecule has 0 bridgehead atoms. The van der Waals surface area contributed by atoms with Crippen LogP contribution in [0.25, 0.3) is 10.9 Å². The van der Waals surface area contributed by atoms with Crippen molar-refractivity contribution in [1.29, 1.82) is 0 Å². The highest BCUT2D eigenvalue weighted by atomic mass is 35.5. The Hall–Kier alpha value is -3.44. The van der Waals surface area contributed by atoms with Gasteiger partial charge in [-0.25, -0.2) is 4.79 Å². The third-order valence-electron chi connectivity index (χ3n) is 6.16. The van der Waals surface area contributed by atoms with Crippen molar-refractivity contribution in [2.75, 3.05) is 18.5 Å². The highest BCUT2D eigenvalue weighted by molar-refractivity contribution is 6.31. The number of aryl methyl sites for hydroxylation is 1. The second-order valence-corrected chi connectivity index (χ2v) is 8.79. The molecule has 4 aromatic rings. The zero-order chi connectivity index (χ0) is 22.9. The normalized spacial score (nSPS) is 15.4. The third-order valence-corrected chi connectivity index (χ3v) is 6.39. The number of rotatable bonds is 4. The van der Waals surface area contributed by atoms with Crippen molar-refractivity contribution in [3.8, 4) is 5.75 Å². The topological polar surface area (TPSA) is 57.4 Å². The van der Waals surface area contributed by atoms with Gasteiger partial charge in [0.1, 0.15) is 5.75 Å². The number of halogens is 1. The molecule has 168 valence electrons. The zero-order valence-electron chi connectivity index (χ0n) is 18.7. The number of ether oxygens (including phenoxy) is 1. The maximum atomic E-state index is 13.5. The molecule has 2 amide bonds. The highest BCUT2D eigenvalue weighted by Gasteiger charge is 2.34. The molecule has 0 aliphatic carbocycles. The first-order valence-electron chi connectivity index (χ1n) is 11.2. The summed E-state index contributed by atoms with van der Waals surface area (Å²) in [6.07, 6.45) is 0.759. The van der Waals surface area contributed by atoms with Crippen LogP contribution in [0.1, 0.15) is 35.3 Å². The third kappa shape index (κ3) is 4.16. The minimum absolute atomic E-state index is 0.132. The van der Waals surface area contributed by atoms with Crippen LogP contribution in [-0.2, 0) is 6.42 Å². The molecule has 0 spiro atoms. The van der Waals surface area contributed by atoms with Crippen LogP contribution in [0.5, 0.6) is 5.75 Å². The average Bonchev–Trinajstić information content (AvgIpc) is 3.18. The zero-order valence-corrected chi connectivity index (χ0v) is 19.4. The molecule has 0 radical (unpaired) electrons. The van der Waals surface area contributed by atoms with Gasteiger partial charge in [0.2, 0.25) is 0 Å². The van der Waals surface area contributed by atoms with Gasteiger partial charge in [-0.05, 0) is 73.9 Å². The quantitative estimate of drug-likeness (QED) is 0.356. The van der Waals surface area contributed by atoms with Gasteiger partial charge in [-0.15, -0.1) is 0 Å². The summed E-state index contributed by atoms with van der Waals surface area (Å²) in [6.45, 7) is 5.23. The Bertz CT molecular complexity index is 1300. The minimum Gasteiger partial charge on any atom is -0.494 e. The number of urea groups is 1. The van der Waals surface area contributed by atoms with Crippen molar-refractivity contribution in [1.82, 2.24) is 9.88 Å². The lowest BCUT2D eigenvalue weighted by Gasteiger charge is -2.36. The van der Waals surface area contributed by atoms with Crippen LogP contribution in [0.4, 0.5) is 10.5 Å². The molecule has 5 nitrogen and oxygen atoms in total. The van der Waals surface area contributed by atoms with E-state index in [1.165, 1.54) is 11.1 Å². The fourth-order valence-corrected chi connectivity index (χ4v) is 4.74. The summed E-state index contributed by atoms with van der Waals surface area (Å²) in [7, 11) is 0. The monoisotopic (exact) mass is 459 g/mol. The molecule has 2 N–H and O–H groups in total. The standard InChI is InChI=1S/C27H26ClN3O2/c1-3-33-21-11-9-20(10-12-21)29-27(32)31-15-14-22-23-16-19(28)8-13-24(23)30-25(22)26(31)18-6-4-17(2)5-7-18/h4-13,16,26,30H,3,14-15H2,1-2H3,(H,29,32). The Labute approximate surface area is 198 Å². The molecule has 0 saturated heterocycles. The first kappa shape index (κ1) is 21.4. The average molecular weight is 460 g/mol. The maximum absolute atomic E-state index is 13.5. The van der Waals surface area contributed by atoms with Crippen LogP contribution < -0.4 is 10.1 Å². The van der Waals surface area contributed by atoms with E-state index >= 15 is 0 Å². The van der Waals surface area contributed by atoms with E-state index in [1.54, 1.807) is 0 Å². The highest BCUT2D eigenvalue weighted by Crippen LogP contribution is 2.39. The smallest absolute Gasteiger partial charge is 0.322 e. The van der Waals surface area contributed by atoms with E-state index in [0.29, 0.717) is 18.2 Å². The molecular formula is C27H26ClN3O2. The molecule has 5 rings (SSSR count). The van der Waals surface area contributed by atoms with E-state index < -0.39 is 0 Å². The molecule has 1 aliphatic heterocycles. The minimum atomic E-state index is -0.219. The first-order chi connectivity index (χ1) is 16.0. The number of aromatic nitrogens is 1. The fourth-order valence-electron chi connectivity index (χ4n) is 4.57. The Morgan fingerprint density at radius 3 is 2.61 bits per heavy atom. The van der Waals surface area contributed by atoms with Crippen molar-refractivity contribution >= 4 is 34.2 Å². The van der Waals surface area contributed by atoms with E-state index in [2.05, 4.69) is 41.5 Å². The molecule has 0 fully saturated rings. The lowest BCUT2D eigenvalue weighted by molar-refractivity contribution is 0.193. The van der Waals surface area contributed by atoms with E-state index in [1.807, 2.05) is 54.3 Å². The van der Waals surface area contributed by atoms with Crippen LogP contribution in [0.15, 0.2) is 66.7 Å². The number of hydrogen-bond acceptors (Lipinski definition) is 2. The molecule has 1 aromatic heterocycles. The number of nitrogens with zero attached hydrogens (tertiary/aromatic N) is 1. The van der Waals surface area contributed by atoms with Crippen LogP contribution in [0, 0.1) is 6.92 Å². The first-order valence-corrected chi connectivity index (χ1v) is 11.6.